The summed E-state index contributed by atoms with van der Waals surface area (Å²) in [5.41, 5.74) is -0.123. The van der Waals surface area contributed by atoms with Crippen molar-refractivity contribution in [3.8, 4) is 0 Å². The van der Waals surface area contributed by atoms with Crippen LogP contribution in [0.3, 0.4) is 0 Å². The van der Waals surface area contributed by atoms with Gasteiger partial charge < -0.3 is 9.47 Å². The molecule has 1 aromatic carbocycles. The fraction of sp³-hybridized carbons (Fsp3) is 0.412. The fourth-order valence-corrected chi connectivity index (χ4v) is 2.96. The molecule has 2 heterocycles. The van der Waals surface area contributed by atoms with Crippen molar-refractivity contribution in [3.63, 3.8) is 0 Å². The fourth-order valence-electron chi connectivity index (χ4n) is 2.96. The van der Waals surface area contributed by atoms with Crippen molar-refractivity contribution in [3.05, 3.63) is 42.2 Å². The Labute approximate surface area is 124 Å². The smallest absolute Gasteiger partial charge is 0.196 e. The van der Waals surface area contributed by atoms with Crippen LogP contribution in [0.2, 0.25) is 0 Å². The van der Waals surface area contributed by atoms with Crippen molar-refractivity contribution in [1.82, 2.24) is 4.98 Å². The number of aromatic nitrogens is 1. The molecule has 1 aliphatic rings. The lowest BCUT2D eigenvalue weighted by Gasteiger charge is -2.35. The van der Waals surface area contributed by atoms with Crippen LogP contribution in [-0.2, 0) is 9.47 Å². The van der Waals surface area contributed by atoms with Gasteiger partial charge >= 0.3 is 0 Å². The van der Waals surface area contributed by atoms with E-state index in [0.29, 0.717) is 38.2 Å². The number of fused-ring (bicyclic) bond motifs is 1. The van der Waals surface area contributed by atoms with Gasteiger partial charge in [0.15, 0.2) is 5.78 Å². The van der Waals surface area contributed by atoms with Gasteiger partial charge in [0.2, 0.25) is 0 Å². The first-order valence-electron chi connectivity index (χ1n) is 7.36. The minimum atomic E-state index is -0.765. The van der Waals surface area contributed by atoms with Crippen LogP contribution in [0.15, 0.2) is 36.7 Å². The molecule has 110 valence electrons. The Morgan fingerprint density at radius 2 is 2.05 bits per heavy atom. The maximum atomic E-state index is 13.1. The molecule has 3 rings (SSSR count). The summed E-state index contributed by atoms with van der Waals surface area (Å²) in [7, 11) is 0. The highest BCUT2D eigenvalue weighted by Gasteiger charge is 2.41. The summed E-state index contributed by atoms with van der Waals surface area (Å²) < 4.78 is 11.3. The molecule has 0 atom stereocenters. The van der Waals surface area contributed by atoms with Crippen LogP contribution >= 0.6 is 0 Å². The molecule has 0 N–H and O–H groups in total. The predicted octanol–water partition coefficient (Wildman–Crippen LogP) is 3.00. The summed E-state index contributed by atoms with van der Waals surface area (Å²) in [4.78, 5) is 17.3. The molecule has 2 aromatic rings. The van der Waals surface area contributed by atoms with Gasteiger partial charge in [-0.2, -0.15) is 0 Å². The van der Waals surface area contributed by atoms with E-state index in [1.54, 1.807) is 12.4 Å². The van der Waals surface area contributed by atoms with Gasteiger partial charge in [-0.15, -0.1) is 0 Å². The molecule has 21 heavy (non-hydrogen) atoms. The van der Waals surface area contributed by atoms with E-state index in [0.717, 1.165) is 10.8 Å². The first kappa shape index (κ1) is 14.2. The molecule has 0 spiro atoms. The molecule has 1 aliphatic heterocycles. The number of ketones is 1. The number of carbonyl (C=O) groups is 1. The first-order chi connectivity index (χ1) is 10.3. The summed E-state index contributed by atoms with van der Waals surface area (Å²) in [6.07, 6.45) is 4.64. The van der Waals surface area contributed by atoms with E-state index in [9.17, 15) is 4.79 Å². The normalized spacial score (nSPS) is 17.8. The van der Waals surface area contributed by atoms with Crippen LogP contribution in [-0.4, -0.2) is 36.2 Å². The summed E-state index contributed by atoms with van der Waals surface area (Å²) in [6.45, 7) is 3.56. The van der Waals surface area contributed by atoms with Crippen LogP contribution in [0.5, 0.6) is 0 Å². The molecule has 0 amide bonds. The zero-order valence-corrected chi connectivity index (χ0v) is 12.2. The zero-order chi connectivity index (χ0) is 14.7. The molecule has 1 fully saturated rings. The number of nitrogens with zero attached hydrogens (tertiary/aromatic N) is 1. The Kier molecular flexibility index (Phi) is 3.99. The molecular formula is C17H19NO3. The summed E-state index contributed by atoms with van der Waals surface area (Å²) >= 11 is 0. The molecule has 0 unspecified atom stereocenters. The van der Waals surface area contributed by atoms with Crippen LogP contribution in [0, 0.1) is 0 Å². The van der Waals surface area contributed by atoms with E-state index in [4.69, 9.17) is 9.47 Å². The minimum Gasteiger partial charge on any atom is -0.381 e. The molecule has 1 saturated heterocycles. The second-order valence-electron chi connectivity index (χ2n) is 5.28. The van der Waals surface area contributed by atoms with Gasteiger partial charge in [-0.1, -0.05) is 24.3 Å². The quantitative estimate of drug-likeness (QED) is 0.810. The monoisotopic (exact) mass is 285 g/mol. The van der Waals surface area contributed by atoms with Crippen LogP contribution in [0.4, 0.5) is 0 Å². The molecule has 0 radical (unpaired) electrons. The van der Waals surface area contributed by atoms with Crippen LogP contribution in [0.1, 0.15) is 30.1 Å². The maximum Gasteiger partial charge on any atom is 0.196 e. The summed E-state index contributed by atoms with van der Waals surface area (Å²) in [5, 5.41) is 1.91. The van der Waals surface area contributed by atoms with Crippen molar-refractivity contribution in [2.45, 2.75) is 25.4 Å². The number of hydrogen-bond donors (Lipinski definition) is 0. The third kappa shape index (κ3) is 2.57. The lowest BCUT2D eigenvalue weighted by atomic mass is 9.84. The molecule has 0 aliphatic carbocycles. The molecule has 4 heteroatoms. The van der Waals surface area contributed by atoms with Crippen molar-refractivity contribution in [2.75, 3.05) is 19.8 Å². The molecule has 4 nitrogen and oxygen atoms in total. The molecule has 1 aromatic heterocycles. The number of ether oxygens (including phenoxy) is 2. The Balaban J connectivity index is 2.06. The number of hydrogen-bond acceptors (Lipinski definition) is 4. The lowest BCUT2D eigenvalue weighted by molar-refractivity contribution is -0.0821. The molecule has 0 bridgehead atoms. The van der Waals surface area contributed by atoms with Crippen molar-refractivity contribution >= 4 is 16.6 Å². The highest BCUT2D eigenvalue weighted by Crippen LogP contribution is 2.31. The van der Waals surface area contributed by atoms with E-state index < -0.39 is 5.60 Å². The molecule has 0 saturated carbocycles. The van der Waals surface area contributed by atoms with E-state index in [-0.39, 0.29) is 5.78 Å². The Morgan fingerprint density at radius 1 is 1.29 bits per heavy atom. The van der Waals surface area contributed by atoms with Gasteiger partial charge in [0.1, 0.15) is 5.60 Å². The third-order valence-electron chi connectivity index (χ3n) is 4.05. The Bertz CT molecular complexity index is 637. The molecular weight excluding hydrogens is 266 g/mol. The number of rotatable bonds is 4. The highest BCUT2D eigenvalue weighted by atomic mass is 16.5. The van der Waals surface area contributed by atoms with Crippen molar-refractivity contribution < 1.29 is 14.3 Å². The average molecular weight is 285 g/mol. The predicted molar refractivity (Wildman–Crippen MR) is 80.5 cm³/mol. The second kappa shape index (κ2) is 5.92. The van der Waals surface area contributed by atoms with Crippen LogP contribution < -0.4 is 0 Å². The number of pyridine rings is 1. The zero-order valence-electron chi connectivity index (χ0n) is 12.2. The minimum absolute atomic E-state index is 0.0250. The summed E-state index contributed by atoms with van der Waals surface area (Å²) in [5.74, 6) is 0.0250. The van der Waals surface area contributed by atoms with E-state index >= 15 is 0 Å². The Hall–Kier alpha value is -1.78. The van der Waals surface area contributed by atoms with Gasteiger partial charge in [-0.05, 0) is 12.3 Å². The van der Waals surface area contributed by atoms with Gasteiger partial charge in [-0.3, -0.25) is 9.78 Å². The van der Waals surface area contributed by atoms with E-state index in [1.165, 1.54) is 0 Å². The van der Waals surface area contributed by atoms with Gasteiger partial charge in [0, 0.05) is 56.0 Å². The average Bonchev–Trinajstić information content (AvgIpc) is 2.55. The summed E-state index contributed by atoms with van der Waals surface area (Å²) in [6, 6.07) is 7.82. The van der Waals surface area contributed by atoms with E-state index in [2.05, 4.69) is 4.98 Å². The van der Waals surface area contributed by atoms with E-state index in [1.807, 2.05) is 31.2 Å². The van der Waals surface area contributed by atoms with Crippen molar-refractivity contribution in [1.29, 1.82) is 0 Å². The van der Waals surface area contributed by atoms with Gasteiger partial charge in [0.25, 0.3) is 0 Å². The van der Waals surface area contributed by atoms with Gasteiger partial charge in [-0.25, -0.2) is 0 Å². The third-order valence-corrected chi connectivity index (χ3v) is 4.05. The standard InChI is InChI=1S/C17H19NO3/c1-2-21-17(7-9-20-10-8-17)16(19)15-12-18-11-13-5-3-4-6-14(13)15/h3-6,11-12H,2,7-10H2,1H3. The highest BCUT2D eigenvalue weighted by molar-refractivity contribution is 6.11. The van der Waals surface area contributed by atoms with Crippen LogP contribution in [0.25, 0.3) is 10.8 Å². The van der Waals surface area contributed by atoms with Gasteiger partial charge in [0.05, 0.1) is 0 Å². The largest absolute Gasteiger partial charge is 0.381 e. The van der Waals surface area contributed by atoms with Crippen molar-refractivity contribution in [2.24, 2.45) is 0 Å². The maximum absolute atomic E-state index is 13.1. The first-order valence-corrected chi connectivity index (χ1v) is 7.36. The SMILES string of the molecule is CCOC1(C(=O)c2cncc3ccccc23)CCOCC1. The topological polar surface area (TPSA) is 48.4 Å². The number of Topliss-reactive ketones (excluding diaryl/α,β-unsaturated/α-hetero) is 1. The number of carbonyl (C=O) groups excluding carboxylic acids is 1. The lowest BCUT2D eigenvalue weighted by Crippen LogP contribution is -2.46. The Morgan fingerprint density at radius 3 is 2.81 bits per heavy atom. The second-order valence-corrected chi connectivity index (χ2v) is 5.28. The number of benzene rings is 1.